The molecule has 2 amide bonds. The zero-order valence-electron chi connectivity index (χ0n) is 27.2. The molecule has 0 saturated carbocycles. The van der Waals surface area contributed by atoms with E-state index in [-0.39, 0.29) is 12.5 Å². The van der Waals surface area contributed by atoms with Crippen LogP contribution in [-0.4, -0.2) is 76.3 Å². The highest BCUT2D eigenvalue weighted by Crippen LogP contribution is 2.28. The first-order valence-corrected chi connectivity index (χ1v) is 16.1. The molecule has 2 aromatic heterocycles. The summed E-state index contributed by atoms with van der Waals surface area (Å²) in [6, 6.07) is 24.3. The second-order valence-corrected chi connectivity index (χ2v) is 12.4. The van der Waals surface area contributed by atoms with Crippen LogP contribution in [0.4, 0.5) is 13.2 Å². The van der Waals surface area contributed by atoms with Crippen LogP contribution in [0.15, 0.2) is 103 Å². The smallest absolute Gasteiger partial charge is 0.341 e. The lowest BCUT2D eigenvalue weighted by atomic mass is 9.94. The summed E-state index contributed by atoms with van der Waals surface area (Å²) in [4.78, 5) is 42.0. The topological polar surface area (TPSA) is 69.6 Å². The molecule has 3 heterocycles. The van der Waals surface area contributed by atoms with Crippen molar-refractivity contribution >= 4 is 17.9 Å². The second-order valence-electron chi connectivity index (χ2n) is 12.4. The van der Waals surface area contributed by atoms with E-state index in [1.807, 2.05) is 91.8 Å². The Morgan fingerprint density at radius 3 is 2.21 bits per heavy atom. The van der Waals surface area contributed by atoms with Crippen LogP contribution in [0.2, 0.25) is 0 Å². The Kier molecular flexibility index (Phi) is 11.4. The molecule has 1 aliphatic heterocycles. The van der Waals surface area contributed by atoms with Crippen LogP contribution < -0.4 is 0 Å². The van der Waals surface area contributed by atoms with Gasteiger partial charge in [-0.2, -0.15) is 13.2 Å². The number of carbonyl (C=O) groups excluding carboxylic acids is 2. The highest BCUT2D eigenvalue weighted by atomic mass is 19.4. The number of pyridine rings is 2. The Bertz CT molecular complexity index is 1650. The monoisotopic (exact) mass is 655 g/mol. The van der Waals surface area contributed by atoms with Gasteiger partial charge in [-0.25, -0.2) is 0 Å². The van der Waals surface area contributed by atoms with Crippen LogP contribution in [0, 0.1) is 5.92 Å². The molecule has 0 bridgehead atoms. The summed E-state index contributed by atoms with van der Waals surface area (Å²) in [5.74, 6) is -0.0575. The maximum absolute atomic E-state index is 14.4. The maximum Gasteiger partial charge on any atom is 0.433 e. The molecule has 7 nitrogen and oxygen atoms in total. The summed E-state index contributed by atoms with van der Waals surface area (Å²) < 4.78 is 39.2. The van der Waals surface area contributed by atoms with Crippen LogP contribution in [0.1, 0.15) is 35.2 Å². The molecule has 4 aromatic rings. The molecule has 0 radical (unpaired) electrons. The predicted octanol–water partition coefficient (Wildman–Crippen LogP) is 6.62. The summed E-state index contributed by atoms with van der Waals surface area (Å²) in [5.41, 5.74) is 2.81. The SMILES string of the molecule is CN(C)CC1CCN(C(=O)[C@H](Cc2ccccc2)N(Cc2ccc(-c3ccccn3)cc2)C(=O)C=Cc2ccc(C(F)(F)F)nc2)CC1. The number of hydrogen-bond acceptors (Lipinski definition) is 5. The van der Waals surface area contributed by atoms with Crippen molar-refractivity contribution in [3.8, 4) is 11.3 Å². The minimum absolute atomic E-state index is 0.120. The predicted molar refractivity (Wildman–Crippen MR) is 180 cm³/mol. The number of alkyl halides is 3. The number of likely N-dealkylation sites (tertiary alicyclic amines) is 1. The van der Waals surface area contributed by atoms with Crippen LogP contribution in [0.5, 0.6) is 0 Å². The number of benzene rings is 2. The van der Waals surface area contributed by atoms with Gasteiger partial charge in [0.15, 0.2) is 0 Å². The van der Waals surface area contributed by atoms with E-state index in [1.165, 1.54) is 18.2 Å². The van der Waals surface area contributed by atoms with Crippen LogP contribution in [-0.2, 0) is 28.7 Å². The third-order valence-electron chi connectivity index (χ3n) is 8.53. The standard InChI is InChI=1S/C38H40F3N5O2/c1-44(2)26-31-19-22-45(23-20-31)37(48)34(24-28-8-4-3-5-9-28)46(27-30-11-15-32(16-12-30)33-10-6-7-21-42-33)36(47)18-14-29-13-17-35(43-25-29)38(39,40)41/h3-18,21,25,31,34H,19-20,22-24,26-27H2,1-2H3/t34-/m0/s1. The van der Waals surface area contributed by atoms with Gasteiger partial charge < -0.3 is 14.7 Å². The maximum atomic E-state index is 14.4. The average molecular weight is 656 g/mol. The van der Waals surface area contributed by atoms with Crippen molar-refractivity contribution in [1.82, 2.24) is 24.7 Å². The van der Waals surface area contributed by atoms with E-state index in [9.17, 15) is 22.8 Å². The fourth-order valence-corrected chi connectivity index (χ4v) is 6.02. The van der Waals surface area contributed by atoms with E-state index in [4.69, 9.17) is 0 Å². The summed E-state index contributed by atoms with van der Waals surface area (Å²) in [7, 11) is 4.10. The molecule has 1 aliphatic rings. The Labute approximate surface area is 279 Å². The van der Waals surface area contributed by atoms with Crippen LogP contribution in [0.25, 0.3) is 17.3 Å². The van der Waals surface area contributed by atoms with Crippen molar-refractivity contribution in [3.05, 3.63) is 126 Å². The minimum Gasteiger partial charge on any atom is -0.341 e. The van der Waals surface area contributed by atoms with Crippen molar-refractivity contribution in [2.45, 2.75) is 38.0 Å². The van der Waals surface area contributed by atoms with Gasteiger partial charge in [0.05, 0.1) is 5.69 Å². The van der Waals surface area contributed by atoms with Crippen molar-refractivity contribution in [1.29, 1.82) is 0 Å². The first kappa shape index (κ1) is 34.5. The van der Waals surface area contributed by atoms with Gasteiger partial charge in [-0.1, -0.05) is 66.7 Å². The zero-order valence-corrected chi connectivity index (χ0v) is 27.2. The van der Waals surface area contributed by atoms with Gasteiger partial charge in [0.1, 0.15) is 11.7 Å². The molecule has 1 atom stereocenters. The van der Waals surface area contributed by atoms with E-state index in [0.717, 1.165) is 54.0 Å². The summed E-state index contributed by atoms with van der Waals surface area (Å²) in [6.45, 7) is 2.32. The van der Waals surface area contributed by atoms with Gasteiger partial charge in [0.2, 0.25) is 11.8 Å². The fraction of sp³-hybridized carbons (Fsp3) is 0.316. The third kappa shape index (κ3) is 9.38. The molecule has 1 saturated heterocycles. The number of amides is 2. The number of piperidine rings is 1. The van der Waals surface area contributed by atoms with Crippen LogP contribution in [0.3, 0.4) is 0 Å². The molecule has 0 spiro atoms. The molecule has 0 N–H and O–H groups in total. The number of rotatable bonds is 11. The Balaban J connectivity index is 1.45. The van der Waals surface area contributed by atoms with Crippen LogP contribution >= 0.6 is 0 Å². The van der Waals surface area contributed by atoms with E-state index >= 15 is 0 Å². The molecule has 48 heavy (non-hydrogen) atoms. The van der Waals surface area contributed by atoms with Gasteiger partial charge in [0.25, 0.3) is 0 Å². The molecular weight excluding hydrogens is 615 g/mol. The molecule has 0 aliphatic carbocycles. The molecule has 2 aromatic carbocycles. The lowest BCUT2D eigenvalue weighted by Gasteiger charge is -2.38. The molecule has 0 unspecified atom stereocenters. The quantitative estimate of drug-likeness (QED) is 0.170. The van der Waals surface area contributed by atoms with Gasteiger partial charge in [0, 0.05) is 56.6 Å². The third-order valence-corrected chi connectivity index (χ3v) is 8.53. The summed E-state index contributed by atoms with van der Waals surface area (Å²) >= 11 is 0. The summed E-state index contributed by atoms with van der Waals surface area (Å²) in [6.07, 6.45) is 3.06. The molecule has 1 fully saturated rings. The lowest BCUT2D eigenvalue weighted by Crippen LogP contribution is -2.53. The first-order valence-electron chi connectivity index (χ1n) is 16.1. The molecule has 250 valence electrons. The minimum atomic E-state index is -4.56. The highest BCUT2D eigenvalue weighted by molar-refractivity contribution is 5.95. The number of carbonyl (C=O) groups is 2. The molecule has 5 rings (SSSR count). The number of hydrogen-bond donors (Lipinski definition) is 0. The Morgan fingerprint density at radius 2 is 1.60 bits per heavy atom. The van der Waals surface area contributed by atoms with Crippen molar-refractivity contribution in [2.75, 3.05) is 33.7 Å². The Morgan fingerprint density at radius 1 is 0.896 bits per heavy atom. The number of halogens is 3. The van der Waals surface area contributed by atoms with E-state index in [2.05, 4.69) is 14.9 Å². The van der Waals surface area contributed by atoms with Gasteiger partial charge >= 0.3 is 6.18 Å². The van der Waals surface area contributed by atoms with Gasteiger partial charge in [-0.3, -0.25) is 19.6 Å². The van der Waals surface area contributed by atoms with E-state index < -0.39 is 23.8 Å². The van der Waals surface area contributed by atoms with Crippen molar-refractivity contribution < 1.29 is 22.8 Å². The highest BCUT2D eigenvalue weighted by Gasteiger charge is 2.35. The fourth-order valence-electron chi connectivity index (χ4n) is 6.02. The number of nitrogens with zero attached hydrogens (tertiary/aromatic N) is 5. The molecular formula is C38H40F3N5O2. The number of aromatic nitrogens is 2. The zero-order chi connectivity index (χ0) is 34.1. The van der Waals surface area contributed by atoms with Crippen molar-refractivity contribution in [2.24, 2.45) is 5.92 Å². The summed E-state index contributed by atoms with van der Waals surface area (Å²) in [5, 5.41) is 0. The van der Waals surface area contributed by atoms with Crippen molar-refractivity contribution in [3.63, 3.8) is 0 Å². The largest absolute Gasteiger partial charge is 0.433 e. The normalized spacial score (nSPS) is 14.8. The Hall–Kier alpha value is -4.83. The van der Waals surface area contributed by atoms with Gasteiger partial charge in [-0.15, -0.1) is 0 Å². The average Bonchev–Trinajstić information content (AvgIpc) is 3.09. The first-order chi connectivity index (χ1) is 23.1. The van der Waals surface area contributed by atoms with E-state index in [0.29, 0.717) is 31.0 Å². The second kappa shape index (κ2) is 15.8. The lowest BCUT2D eigenvalue weighted by molar-refractivity contribution is -0.145. The molecule has 10 heteroatoms. The van der Waals surface area contributed by atoms with E-state index in [1.54, 1.807) is 11.1 Å². The van der Waals surface area contributed by atoms with Gasteiger partial charge in [-0.05, 0) is 73.8 Å².